The number of nitrogens with one attached hydrogen (secondary N) is 1. The van der Waals surface area contributed by atoms with E-state index in [1.165, 1.54) is 16.7 Å². The highest BCUT2D eigenvalue weighted by atomic mass is 16.2. The lowest BCUT2D eigenvalue weighted by atomic mass is 10.0. The van der Waals surface area contributed by atoms with Crippen molar-refractivity contribution in [2.45, 2.75) is 33.6 Å². The molecule has 2 rings (SSSR count). The van der Waals surface area contributed by atoms with Gasteiger partial charge in [0.05, 0.1) is 6.21 Å². The van der Waals surface area contributed by atoms with E-state index in [1.54, 1.807) is 6.21 Å². The number of nitrogens with zero attached hydrogens (tertiary/aromatic N) is 1. The third-order valence-electron chi connectivity index (χ3n) is 3.60. The Balaban J connectivity index is 1.88. The van der Waals surface area contributed by atoms with Gasteiger partial charge < -0.3 is 0 Å². The van der Waals surface area contributed by atoms with Gasteiger partial charge in [-0.3, -0.25) is 4.79 Å². The minimum Gasteiger partial charge on any atom is -0.273 e. The molecule has 114 valence electrons. The molecule has 0 aliphatic heterocycles. The summed E-state index contributed by atoms with van der Waals surface area (Å²) in [5.41, 5.74) is 8.39. The van der Waals surface area contributed by atoms with E-state index in [0.29, 0.717) is 6.42 Å². The van der Waals surface area contributed by atoms with Gasteiger partial charge in [0.2, 0.25) is 5.91 Å². The fourth-order valence-electron chi connectivity index (χ4n) is 2.52. The van der Waals surface area contributed by atoms with Crippen molar-refractivity contribution in [3.05, 3.63) is 70.3 Å². The predicted molar refractivity (Wildman–Crippen MR) is 91.2 cm³/mol. The molecule has 0 heterocycles. The molecular formula is C19H22N2O. The van der Waals surface area contributed by atoms with E-state index in [9.17, 15) is 4.79 Å². The number of carbonyl (C=O) groups excluding carboxylic acids is 1. The average Bonchev–Trinajstić information content (AvgIpc) is 2.49. The molecule has 0 aliphatic rings. The van der Waals surface area contributed by atoms with Crippen LogP contribution in [0.15, 0.2) is 47.6 Å². The predicted octanol–water partition coefficient (Wildman–Crippen LogP) is 3.69. The van der Waals surface area contributed by atoms with Gasteiger partial charge in [0.25, 0.3) is 0 Å². The van der Waals surface area contributed by atoms with E-state index in [1.807, 2.05) is 30.3 Å². The Morgan fingerprint density at radius 2 is 1.73 bits per heavy atom. The van der Waals surface area contributed by atoms with Crippen LogP contribution in [-0.2, 0) is 11.2 Å². The van der Waals surface area contributed by atoms with Crippen molar-refractivity contribution < 1.29 is 4.79 Å². The number of hydrogen-bond acceptors (Lipinski definition) is 2. The van der Waals surface area contributed by atoms with Crippen molar-refractivity contribution in [2.24, 2.45) is 5.10 Å². The number of aryl methyl sites for hydroxylation is 4. The zero-order chi connectivity index (χ0) is 15.9. The summed E-state index contributed by atoms with van der Waals surface area (Å²) >= 11 is 0. The van der Waals surface area contributed by atoms with Crippen molar-refractivity contribution in [1.29, 1.82) is 0 Å². The molecule has 3 heteroatoms. The van der Waals surface area contributed by atoms with Crippen molar-refractivity contribution in [3.63, 3.8) is 0 Å². The Kier molecular flexibility index (Phi) is 5.48. The maximum Gasteiger partial charge on any atom is 0.240 e. The van der Waals surface area contributed by atoms with E-state index in [4.69, 9.17) is 0 Å². The van der Waals surface area contributed by atoms with Crippen molar-refractivity contribution in [1.82, 2.24) is 5.43 Å². The SMILES string of the molecule is Cc1cc(C)c(C=NNC(=O)CCc2ccccc2)c(C)c1. The average molecular weight is 294 g/mol. The lowest BCUT2D eigenvalue weighted by molar-refractivity contribution is -0.121. The highest BCUT2D eigenvalue weighted by molar-refractivity contribution is 5.85. The molecule has 0 aromatic heterocycles. The summed E-state index contributed by atoms with van der Waals surface area (Å²) in [6, 6.07) is 14.2. The van der Waals surface area contributed by atoms with Gasteiger partial charge in [0, 0.05) is 12.0 Å². The third-order valence-corrected chi connectivity index (χ3v) is 3.60. The smallest absolute Gasteiger partial charge is 0.240 e. The molecule has 1 amide bonds. The fraction of sp³-hybridized carbons (Fsp3) is 0.263. The quantitative estimate of drug-likeness (QED) is 0.663. The van der Waals surface area contributed by atoms with Crippen molar-refractivity contribution >= 4 is 12.1 Å². The maximum atomic E-state index is 11.8. The molecule has 0 radical (unpaired) electrons. The van der Waals surface area contributed by atoms with Gasteiger partial charge in [-0.1, -0.05) is 48.0 Å². The van der Waals surface area contributed by atoms with Gasteiger partial charge in [0.1, 0.15) is 0 Å². The standard InChI is InChI=1S/C19H22N2O/c1-14-11-15(2)18(16(3)12-14)13-20-21-19(22)10-9-17-7-5-4-6-8-17/h4-8,11-13H,9-10H2,1-3H3,(H,21,22). The molecule has 0 saturated carbocycles. The summed E-state index contributed by atoms with van der Waals surface area (Å²) in [5, 5.41) is 4.08. The summed E-state index contributed by atoms with van der Waals surface area (Å²) in [6.45, 7) is 6.18. The zero-order valence-electron chi connectivity index (χ0n) is 13.4. The highest BCUT2D eigenvalue weighted by Gasteiger charge is 2.03. The number of hydrogen-bond donors (Lipinski definition) is 1. The Hall–Kier alpha value is -2.42. The zero-order valence-corrected chi connectivity index (χ0v) is 13.4. The molecule has 0 atom stereocenters. The Labute approximate surface area is 132 Å². The van der Waals surface area contributed by atoms with E-state index >= 15 is 0 Å². The molecule has 1 N–H and O–H groups in total. The second-order valence-electron chi connectivity index (χ2n) is 5.59. The largest absolute Gasteiger partial charge is 0.273 e. The topological polar surface area (TPSA) is 41.5 Å². The minimum atomic E-state index is -0.0671. The molecule has 22 heavy (non-hydrogen) atoms. The van der Waals surface area contributed by atoms with Crippen LogP contribution in [0.4, 0.5) is 0 Å². The van der Waals surface area contributed by atoms with Gasteiger partial charge in [0.15, 0.2) is 0 Å². The molecule has 0 bridgehead atoms. The van der Waals surface area contributed by atoms with Crippen LogP contribution in [0.5, 0.6) is 0 Å². The minimum absolute atomic E-state index is 0.0671. The van der Waals surface area contributed by atoms with Crippen LogP contribution in [0.25, 0.3) is 0 Å². The Bertz CT molecular complexity index is 652. The number of amides is 1. The van der Waals surface area contributed by atoms with Crippen LogP contribution >= 0.6 is 0 Å². The molecule has 0 unspecified atom stereocenters. The number of benzene rings is 2. The van der Waals surface area contributed by atoms with Gasteiger partial charge >= 0.3 is 0 Å². The normalized spacial score (nSPS) is 10.9. The summed E-state index contributed by atoms with van der Waals surface area (Å²) in [5.74, 6) is -0.0671. The van der Waals surface area contributed by atoms with Crippen LogP contribution in [0, 0.1) is 20.8 Å². The first-order valence-electron chi connectivity index (χ1n) is 7.50. The van der Waals surface area contributed by atoms with E-state index in [-0.39, 0.29) is 5.91 Å². The van der Waals surface area contributed by atoms with Crippen LogP contribution in [-0.4, -0.2) is 12.1 Å². The summed E-state index contributed by atoms with van der Waals surface area (Å²) in [7, 11) is 0. The second kappa shape index (κ2) is 7.55. The van der Waals surface area contributed by atoms with Gasteiger partial charge in [-0.15, -0.1) is 0 Å². The van der Waals surface area contributed by atoms with E-state index < -0.39 is 0 Å². The number of hydrazone groups is 1. The summed E-state index contributed by atoms with van der Waals surface area (Å²) in [6.07, 6.45) is 2.89. The van der Waals surface area contributed by atoms with E-state index in [0.717, 1.165) is 17.5 Å². The number of rotatable bonds is 5. The lowest BCUT2D eigenvalue weighted by Crippen LogP contribution is -2.18. The molecule has 0 spiro atoms. The Morgan fingerprint density at radius 3 is 2.36 bits per heavy atom. The van der Waals surface area contributed by atoms with Gasteiger partial charge in [-0.05, 0) is 43.9 Å². The van der Waals surface area contributed by atoms with E-state index in [2.05, 4.69) is 43.4 Å². The van der Waals surface area contributed by atoms with Crippen LogP contribution in [0.2, 0.25) is 0 Å². The van der Waals surface area contributed by atoms with Crippen molar-refractivity contribution in [3.8, 4) is 0 Å². The Morgan fingerprint density at radius 1 is 1.09 bits per heavy atom. The van der Waals surface area contributed by atoms with Crippen LogP contribution in [0.1, 0.15) is 34.2 Å². The first-order valence-corrected chi connectivity index (χ1v) is 7.50. The van der Waals surface area contributed by atoms with Crippen LogP contribution in [0.3, 0.4) is 0 Å². The van der Waals surface area contributed by atoms with Crippen molar-refractivity contribution in [2.75, 3.05) is 0 Å². The third kappa shape index (κ3) is 4.55. The number of carbonyl (C=O) groups is 1. The first kappa shape index (κ1) is 16.0. The molecule has 0 fully saturated rings. The molecule has 2 aromatic rings. The lowest BCUT2D eigenvalue weighted by Gasteiger charge is -2.06. The first-order chi connectivity index (χ1) is 10.6. The fourth-order valence-corrected chi connectivity index (χ4v) is 2.52. The van der Waals surface area contributed by atoms with Crippen LogP contribution < -0.4 is 5.43 Å². The summed E-state index contributed by atoms with van der Waals surface area (Å²) < 4.78 is 0. The second-order valence-corrected chi connectivity index (χ2v) is 5.59. The molecule has 0 saturated heterocycles. The molecular weight excluding hydrogens is 272 g/mol. The highest BCUT2D eigenvalue weighted by Crippen LogP contribution is 2.14. The summed E-state index contributed by atoms with van der Waals surface area (Å²) in [4.78, 5) is 11.8. The monoisotopic (exact) mass is 294 g/mol. The molecule has 3 nitrogen and oxygen atoms in total. The van der Waals surface area contributed by atoms with Gasteiger partial charge in [-0.25, -0.2) is 5.43 Å². The molecule has 0 aliphatic carbocycles. The molecule has 2 aromatic carbocycles. The maximum absolute atomic E-state index is 11.8. The van der Waals surface area contributed by atoms with Gasteiger partial charge in [-0.2, -0.15) is 5.10 Å².